The molecule has 0 spiro atoms. The first-order valence-electron chi connectivity index (χ1n) is 18.5. The van der Waals surface area contributed by atoms with Gasteiger partial charge in [-0.3, -0.25) is 0 Å². The van der Waals surface area contributed by atoms with Crippen molar-refractivity contribution in [1.29, 1.82) is 0 Å². The number of methoxy groups -OCH3 is 6. The fourth-order valence-corrected chi connectivity index (χ4v) is 8.17. The molecule has 0 heterocycles. The van der Waals surface area contributed by atoms with Gasteiger partial charge in [-0.1, -0.05) is 53.4 Å². The number of carbonyl (C=O) groups excluding carboxylic acids is 4. The van der Waals surface area contributed by atoms with Gasteiger partial charge in [-0.05, 0) is 93.7 Å². The van der Waals surface area contributed by atoms with E-state index in [4.69, 9.17) is 28.4 Å². The summed E-state index contributed by atoms with van der Waals surface area (Å²) in [6.45, 7) is 8.07. The molecule has 0 fully saturated rings. The number of benzene rings is 5. The van der Waals surface area contributed by atoms with E-state index in [1.165, 1.54) is 28.4 Å². The highest BCUT2D eigenvalue weighted by molar-refractivity contribution is 6.21. The summed E-state index contributed by atoms with van der Waals surface area (Å²) in [5.41, 5.74) is 3.60. The molecule has 0 aliphatic carbocycles. The molecule has 0 saturated heterocycles. The van der Waals surface area contributed by atoms with E-state index >= 15 is 0 Å². The van der Waals surface area contributed by atoms with Gasteiger partial charge in [0.2, 0.25) is 0 Å². The lowest BCUT2D eigenvalue weighted by Crippen LogP contribution is -2.18. The lowest BCUT2D eigenvalue weighted by Gasteiger charge is -2.23. The van der Waals surface area contributed by atoms with Crippen LogP contribution >= 0.6 is 0 Å². The zero-order valence-corrected chi connectivity index (χ0v) is 33.0. The summed E-state index contributed by atoms with van der Waals surface area (Å²) in [7, 11) is 8.47. The van der Waals surface area contributed by atoms with Crippen molar-refractivity contribution in [3.63, 3.8) is 0 Å². The second-order valence-corrected chi connectivity index (χ2v) is 13.3. The predicted octanol–water partition coefficient (Wildman–Crippen LogP) is 9.27. The van der Waals surface area contributed by atoms with Crippen LogP contribution in [0.2, 0.25) is 0 Å². The molecule has 54 heavy (non-hydrogen) atoms. The molecule has 0 unspecified atom stereocenters. The lowest BCUT2D eigenvalue weighted by molar-refractivity contribution is 0.0553. The second kappa shape index (κ2) is 16.7. The normalized spacial score (nSPS) is 11.3. The Bertz CT molecular complexity index is 2000. The van der Waals surface area contributed by atoms with E-state index in [0.29, 0.717) is 85.1 Å². The number of fused-ring (bicyclic) bond motifs is 4. The van der Waals surface area contributed by atoms with E-state index in [1.54, 1.807) is 14.2 Å². The third-order valence-corrected chi connectivity index (χ3v) is 10.3. The monoisotopic (exact) mass is 738 g/mol. The molecule has 0 amide bonds. The molecule has 286 valence electrons. The third-order valence-electron chi connectivity index (χ3n) is 10.3. The van der Waals surface area contributed by atoms with Crippen molar-refractivity contribution >= 4 is 67.0 Å². The van der Waals surface area contributed by atoms with Crippen molar-refractivity contribution in [1.82, 2.24) is 0 Å². The Morgan fingerprint density at radius 2 is 0.574 bits per heavy atom. The fraction of sp³-hybridized carbons (Fsp3) is 0.409. The van der Waals surface area contributed by atoms with Gasteiger partial charge in [-0.25, -0.2) is 19.2 Å². The molecule has 0 bridgehead atoms. The van der Waals surface area contributed by atoms with Crippen molar-refractivity contribution in [2.24, 2.45) is 0 Å². The number of hydrogen-bond donors (Lipinski definition) is 0. The number of aryl methyl sites for hydroxylation is 4. The van der Waals surface area contributed by atoms with Gasteiger partial charge in [-0.2, -0.15) is 0 Å². The molecular weight excluding hydrogens is 688 g/mol. The van der Waals surface area contributed by atoms with Crippen molar-refractivity contribution in [3.8, 4) is 11.5 Å². The number of ether oxygens (including phenoxy) is 6. The minimum Gasteiger partial charge on any atom is -0.495 e. The van der Waals surface area contributed by atoms with E-state index in [-0.39, 0.29) is 22.3 Å². The van der Waals surface area contributed by atoms with E-state index in [2.05, 4.69) is 0 Å². The predicted molar refractivity (Wildman–Crippen MR) is 211 cm³/mol. The van der Waals surface area contributed by atoms with Gasteiger partial charge in [0, 0.05) is 21.5 Å². The first kappa shape index (κ1) is 39.8. The van der Waals surface area contributed by atoms with E-state index in [1.807, 2.05) is 52.0 Å². The van der Waals surface area contributed by atoms with E-state index < -0.39 is 23.9 Å². The summed E-state index contributed by atoms with van der Waals surface area (Å²) in [6.07, 6.45) is 4.80. The van der Waals surface area contributed by atoms with Crippen LogP contribution in [0.1, 0.15) is 117 Å². The van der Waals surface area contributed by atoms with Crippen LogP contribution in [-0.4, -0.2) is 66.5 Å². The summed E-state index contributed by atoms with van der Waals surface area (Å²) in [6, 6.07) is 8.07. The molecule has 0 N–H and O–H groups in total. The molecule has 10 nitrogen and oxygen atoms in total. The molecule has 0 aliphatic heterocycles. The zero-order valence-electron chi connectivity index (χ0n) is 33.0. The van der Waals surface area contributed by atoms with Gasteiger partial charge in [-0.15, -0.1) is 0 Å². The average Bonchev–Trinajstić information content (AvgIpc) is 3.18. The molecular formula is C44H50O10. The van der Waals surface area contributed by atoms with Gasteiger partial charge in [0.25, 0.3) is 0 Å². The highest BCUT2D eigenvalue weighted by atomic mass is 16.5. The third kappa shape index (κ3) is 6.45. The Morgan fingerprint density at radius 1 is 0.370 bits per heavy atom. The molecule has 10 heteroatoms. The smallest absolute Gasteiger partial charge is 0.339 e. The molecule has 0 aliphatic rings. The Hall–Kier alpha value is -5.38. The van der Waals surface area contributed by atoms with Crippen molar-refractivity contribution in [2.45, 2.75) is 79.1 Å². The maximum atomic E-state index is 13.5. The standard InChI is InChI=1S/C44H50O10/c1-11-15-23-27-19-31-32(20-28(27)24(16-12-2)36(42(46)52-8)35(23)41(45)51-7)40(50-6)34-22-30-26(18-14-4)38(44(48)54-10)37(43(47)53-9)25(17-13-3)29(30)21-33(34)39(31)49-5/h19-22H,11-18H2,1-10H3. The molecule has 5 aromatic carbocycles. The minimum atomic E-state index is -0.605. The van der Waals surface area contributed by atoms with Crippen molar-refractivity contribution in [2.75, 3.05) is 42.7 Å². The molecule has 0 aromatic heterocycles. The summed E-state index contributed by atoms with van der Waals surface area (Å²) in [5.74, 6) is -1.29. The highest BCUT2D eigenvalue weighted by Gasteiger charge is 2.32. The van der Waals surface area contributed by atoms with Gasteiger partial charge in [0.15, 0.2) is 0 Å². The largest absolute Gasteiger partial charge is 0.495 e. The number of carbonyl (C=O) groups is 4. The van der Waals surface area contributed by atoms with Crippen LogP contribution in [0.3, 0.4) is 0 Å². The first-order chi connectivity index (χ1) is 26.1. The Balaban J connectivity index is 2.13. The topological polar surface area (TPSA) is 124 Å². The zero-order chi connectivity index (χ0) is 39.4. The van der Waals surface area contributed by atoms with Crippen LogP contribution in [0.15, 0.2) is 24.3 Å². The van der Waals surface area contributed by atoms with Crippen LogP contribution in [0, 0.1) is 0 Å². The average molecular weight is 739 g/mol. The van der Waals surface area contributed by atoms with Crippen molar-refractivity contribution < 1.29 is 47.6 Å². The number of hydrogen-bond acceptors (Lipinski definition) is 10. The molecule has 0 atom stereocenters. The van der Waals surface area contributed by atoms with Crippen LogP contribution in [0.25, 0.3) is 43.1 Å². The maximum Gasteiger partial charge on any atom is 0.339 e. The van der Waals surface area contributed by atoms with Crippen LogP contribution in [0.4, 0.5) is 0 Å². The minimum absolute atomic E-state index is 0.212. The second-order valence-electron chi connectivity index (χ2n) is 13.3. The fourth-order valence-electron chi connectivity index (χ4n) is 8.17. The SMILES string of the molecule is CCCc1c(C(=O)OC)c(C(=O)OC)c(CCC)c2cc3c(OC)c4cc5c(CCC)c(C(=O)OC)c(C(=O)OC)c(CCC)c5cc4c(OC)c3cc12. The van der Waals surface area contributed by atoms with Crippen LogP contribution in [-0.2, 0) is 44.6 Å². The Morgan fingerprint density at radius 3 is 0.722 bits per heavy atom. The van der Waals surface area contributed by atoms with Crippen molar-refractivity contribution in [3.05, 3.63) is 68.8 Å². The van der Waals surface area contributed by atoms with Gasteiger partial charge >= 0.3 is 23.9 Å². The summed E-state index contributed by atoms with van der Waals surface area (Å²) >= 11 is 0. The van der Waals surface area contributed by atoms with Crippen LogP contribution < -0.4 is 9.47 Å². The first-order valence-corrected chi connectivity index (χ1v) is 18.5. The summed E-state index contributed by atoms with van der Waals surface area (Å²) in [5, 5.41) is 6.15. The molecule has 5 rings (SSSR count). The van der Waals surface area contributed by atoms with Gasteiger partial charge in [0.05, 0.1) is 64.9 Å². The lowest BCUT2D eigenvalue weighted by atomic mass is 9.82. The van der Waals surface area contributed by atoms with Gasteiger partial charge < -0.3 is 28.4 Å². The molecule has 0 saturated carbocycles. The van der Waals surface area contributed by atoms with Gasteiger partial charge in [0.1, 0.15) is 11.5 Å². The Kier molecular flexibility index (Phi) is 12.3. The number of rotatable bonds is 14. The highest BCUT2D eigenvalue weighted by Crippen LogP contribution is 2.48. The summed E-state index contributed by atoms with van der Waals surface area (Å²) < 4.78 is 33.6. The quantitative estimate of drug-likeness (QED) is 0.0619. The molecule has 5 aromatic rings. The number of esters is 4. The van der Waals surface area contributed by atoms with E-state index in [0.717, 1.165) is 43.1 Å². The van der Waals surface area contributed by atoms with Crippen LogP contribution in [0.5, 0.6) is 11.5 Å². The summed E-state index contributed by atoms with van der Waals surface area (Å²) in [4.78, 5) is 54.2. The maximum absolute atomic E-state index is 13.5. The molecule has 0 radical (unpaired) electrons. The van der Waals surface area contributed by atoms with E-state index in [9.17, 15) is 19.2 Å². The Labute approximate surface area is 316 Å².